The molecule has 0 saturated carbocycles. The lowest BCUT2D eigenvalue weighted by Crippen LogP contribution is -1.99. The Morgan fingerprint density at radius 3 is 2.55 bits per heavy atom. The van der Waals surface area contributed by atoms with Crippen LogP contribution >= 0.6 is 23.1 Å². The average molecular weight is 331 g/mol. The Balaban J connectivity index is 1.75. The van der Waals surface area contributed by atoms with Gasteiger partial charge in [0, 0.05) is 12.3 Å². The van der Waals surface area contributed by atoms with Crippen LogP contribution in [0.15, 0.2) is 46.9 Å². The molecular weight excluding hydrogens is 314 g/mol. The van der Waals surface area contributed by atoms with Gasteiger partial charge in [-0.2, -0.15) is 0 Å². The summed E-state index contributed by atoms with van der Waals surface area (Å²) in [6.07, 6.45) is 0. The van der Waals surface area contributed by atoms with E-state index in [0.29, 0.717) is 0 Å². The van der Waals surface area contributed by atoms with Gasteiger partial charge in [-0.05, 0) is 29.5 Å². The molecule has 0 saturated heterocycles. The molecule has 0 unspecified atom stereocenters. The average Bonchev–Trinajstić information content (AvgIpc) is 3.22. The van der Waals surface area contributed by atoms with Crippen LogP contribution in [0.2, 0.25) is 0 Å². The summed E-state index contributed by atoms with van der Waals surface area (Å²) in [5, 5.41) is 20.7. The number of aliphatic hydroxyl groups excluding tert-OH is 1. The Morgan fingerprint density at radius 1 is 1.14 bits per heavy atom. The van der Waals surface area contributed by atoms with Crippen LogP contribution in [0.3, 0.4) is 0 Å². The lowest BCUT2D eigenvalue weighted by Gasteiger charge is -2.06. The maximum absolute atomic E-state index is 9.07. The summed E-state index contributed by atoms with van der Waals surface area (Å²) in [6, 6.07) is 12.1. The fourth-order valence-electron chi connectivity index (χ4n) is 2.16. The molecule has 1 aromatic carbocycles. The minimum atomic E-state index is 0.0851. The van der Waals surface area contributed by atoms with Crippen molar-refractivity contribution >= 4 is 23.1 Å². The molecule has 2 aromatic heterocycles. The van der Waals surface area contributed by atoms with E-state index in [1.807, 2.05) is 30.3 Å². The van der Waals surface area contributed by atoms with Crippen molar-refractivity contribution in [3.8, 4) is 10.7 Å². The minimum Gasteiger partial charge on any atom is -0.392 e. The predicted molar refractivity (Wildman–Crippen MR) is 90.9 cm³/mol. The number of thiophene rings is 1. The number of aliphatic hydroxyl groups is 1. The van der Waals surface area contributed by atoms with E-state index in [-0.39, 0.29) is 6.61 Å². The minimum absolute atomic E-state index is 0.0851. The van der Waals surface area contributed by atoms with Crippen molar-refractivity contribution in [3.05, 3.63) is 52.9 Å². The van der Waals surface area contributed by atoms with Gasteiger partial charge in [-0.25, -0.2) is 0 Å². The molecule has 1 N–H and O–H groups in total. The van der Waals surface area contributed by atoms with E-state index in [2.05, 4.69) is 33.1 Å². The molecule has 4 nitrogen and oxygen atoms in total. The third-order valence-corrected chi connectivity index (χ3v) is 5.25. The molecule has 2 heterocycles. The first-order valence-electron chi connectivity index (χ1n) is 7.10. The normalized spacial score (nSPS) is 11.0. The van der Waals surface area contributed by atoms with Gasteiger partial charge < -0.3 is 9.67 Å². The third-order valence-electron chi connectivity index (χ3n) is 3.35. The number of aromatic nitrogens is 3. The van der Waals surface area contributed by atoms with Crippen LogP contribution in [-0.4, -0.2) is 19.9 Å². The fraction of sp³-hybridized carbons (Fsp3) is 0.250. The van der Waals surface area contributed by atoms with Crippen molar-refractivity contribution in [2.75, 3.05) is 0 Å². The van der Waals surface area contributed by atoms with E-state index in [1.165, 1.54) is 5.56 Å². The summed E-state index contributed by atoms with van der Waals surface area (Å²) in [5.74, 6) is 1.78. The third kappa shape index (κ3) is 3.24. The lowest BCUT2D eigenvalue weighted by atomic mass is 10.2. The Morgan fingerprint density at radius 2 is 1.91 bits per heavy atom. The second kappa shape index (κ2) is 7.09. The molecule has 0 spiro atoms. The molecule has 0 bridgehead atoms. The first-order valence-corrected chi connectivity index (χ1v) is 8.97. The van der Waals surface area contributed by atoms with E-state index in [1.54, 1.807) is 23.1 Å². The van der Waals surface area contributed by atoms with Gasteiger partial charge >= 0.3 is 0 Å². The highest BCUT2D eigenvalue weighted by molar-refractivity contribution is 7.98. The molecule has 3 aromatic rings. The zero-order valence-corrected chi connectivity index (χ0v) is 13.9. The van der Waals surface area contributed by atoms with Gasteiger partial charge in [0.05, 0.1) is 11.5 Å². The molecule has 114 valence electrons. The summed E-state index contributed by atoms with van der Waals surface area (Å²) in [5.41, 5.74) is 2.15. The van der Waals surface area contributed by atoms with Crippen molar-refractivity contribution in [1.29, 1.82) is 0 Å². The highest BCUT2D eigenvalue weighted by Gasteiger charge is 2.13. The first-order chi connectivity index (χ1) is 10.8. The molecule has 6 heteroatoms. The molecule has 0 aliphatic heterocycles. The van der Waals surface area contributed by atoms with Gasteiger partial charge in [-0.3, -0.25) is 0 Å². The second-order valence-electron chi connectivity index (χ2n) is 4.79. The van der Waals surface area contributed by atoms with Crippen LogP contribution in [0.4, 0.5) is 0 Å². The molecule has 22 heavy (non-hydrogen) atoms. The van der Waals surface area contributed by atoms with Crippen molar-refractivity contribution in [3.63, 3.8) is 0 Å². The topological polar surface area (TPSA) is 50.9 Å². The van der Waals surface area contributed by atoms with E-state index >= 15 is 0 Å². The largest absolute Gasteiger partial charge is 0.392 e. The molecule has 3 rings (SSSR count). The maximum Gasteiger partial charge on any atom is 0.191 e. The zero-order chi connectivity index (χ0) is 15.4. The summed E-state index contributed by atoms with van der Waals surface area (Å²) in [6.45, 7) is 3.05. The second-order valence-corrected chi connectivity index (χ2v) is 6.68. The predicted octanol–water partition coefficient (Wildman–Crippen LogP) is 3.81. The van der Waals surface area contributed by atoms with Gasteiger partial charge in [0.15, 0.2) is 11.0 Å². The van der Waals surface area contributed by atoms with Crippen LogP contribution in [0.1, 0.15) is 18.1 Å². The van der Waals surface area contributed by atoms with Crippen LogP contribution in [0.25, 0.3) is 10.7 Å². The zero-order valence-electron chi connectivity index (χ0n) is 12.3. The molecule has 0 atom stereocenters. The van der Waals surface area contributed by atoms with Crippen LogP contribution in [-0.2, 0) is 18.9 Å². The Kier molecular flexibility index (Phi) is 4.92. The maximum atomic E-state index is 9.07. The standard InChI is InChI=1S/C16H17N3OS2/c1-2-19-15(14-4-3-9-21-14)17-18-16(19)22-11-13-7-5-12(10-20)6-8-13/h3-9,20H,2,10-11H2,1H3. The molecule has 0 aliphatic carbocycles. The smallest absolute Gasteiger partial charge is 0.191 e. The van der Waals surface area contributed by atoms with Crippen LogP contribution in [0.5, 0.6) is 0 Å². The Labute approximate surface area is 137 Å². The molecular formula is C16H17N3OS2. The molecule has 0 aliphatic rings. The summed E-state index contributed by atoms with van der Waals surface area (Å²) in [7, 11) is 0. The van der Waals surface area contributed by atoms with Crippen molar-refractivity contribution in [1.82, 2.24) is 14.8 Å². The van der Waals surface area contributed by atoms with Crippen molar-refractivity contribution in [2.24, 2.45) is 0 Å². The monoisotopic (exact) mass is 331 g/mol. The van der Waals surface area contributed by atoms with Crippen molar-refractivity contribution < 1.29 is 5.11 Å². The van der Waals surface area contributed by atoms with Gasteiger partial charge in [-0.1, -0.05) is 42.1 Å². The van der Waals surface area contributed by atoms with Gasteiger partial charge in [-0.15, -0.1) is 21.5 Å². The number of hydrogen-bond acceptors (Lipinski definition) is 5. The Hall–Kier alpha value is -1.63. The van der Waals surface area contributed by atoms with Gasteiger partial charge in [0.2, 0.25) is 0 Å². The van der Waals surface area contributed by atoms with Crippen molar-refractivity contribution in [2.45, 2.75) is 31.0 Å². The quantitative estimate of drug-likeness (QED) is 0.698. The summed E-state index contributed by atoms with van der Waals surface area (Å²) >= 11 is 3.37. The fourth-order valence-corrected chi connectivity index (χ4v) is 3.83. The lowest BCUT2D eigenvalue weighted by molar-refractivity contribution is 0.282. The molecule has 0 fully saturated rings. The van der Waals surface area contributed by atoms with Gasteiger partial charge in [0.1, 0.15) is 0 Å². The highest BCUT2D eigenvalue weighted by atomic mass is 32.2. The van der Waals surface area contributed by atoms with E-state index in [9.17, 15) is 0 Å². The Bertz CT molecular complexity index is 720. The van der Waals surface area contributed by atoms with Crippen LogP contribution in [0, 0.1) is 0 Å². The number of benzene rings is 1. The van der Waals surface area contributed by atoms with E-state index < -0.39 is 0 Å². The van der Waals surface area contributed by atoms with E-state index in [0.717, 1.165) is 33.7 Å². The number of hydrogen-bond donors (Lipinski definition) is 1. The summed E-state index contributed by atoms with van der Waals surface area (Å²) in [4.78, 5) is 1.15. The molecule has 0 radical (unpaired) electrons. The molecule has 0 amide bonds. The summed E-state index contributed by atoms with van der Waals surface area (Å²) < 4.78 is 2.15. The van der Waals surface area contributed by atoms with Gasteiger partial charge in [0.25, 0.3) is 0 Å². The first kappa shape index (κ1) is 15.3. The SMILES string of the molecule is CCn1c(SCc2ccc(CO)cc2)nnc1-c1cccs1. The number of nitrogens with zero attached hydrogens (tertiary/aromatic N) is 3. The number of thioether (sulfide) groups is 1. The van der Waals surface area contributed by atoms with E-state index in [4.69, 9.17) is 5.11 Å². The van der Waals surface area contributed by atoms with Crippen LogP contribution < -0.4 is 0 Å². The highest BCUT2D eigenvalue weighted by Crippen LogP contribution is 2.28. The number of rotatable bonds is 6.